The molecule has 1 N–H and O–H groups in total. The summed E-state index contributed by atoms with van der Waals surface area (Å²) in [6, 6.07) is 12.2. The molecule has 2 aliphatic heterocycles. The van der Waals surface area contributed by atoms with E-state index in [4.69, 9.17) is 11.6 Å². The summed E-state index contributed by atoms with van der Waals surface area (Å²) in [7, 11) is 0. The van der Waals surface area contributed by atoms with Crippen molar-refractivity contribution in [1.82, 2.24) is 19.9 Å². The number of amides is 1. The molecule has 1 aromatic heterocycles. The Morgan fingerprint density at radius 3 is 2.47 bits per heavy atom. The standard InChI is InChI=1S/C22H27ClN4O.C2H6/c1-2-3-6-19-16-26(14-13-25-11-4-5-12-25)22(28)21-15-20(24-27(19)21)17-7-9-18(23)10-8-17;1-2/h4-5,7-12,15,19-20,24H,2-3,6,13-14,16H2,1H3;1-2H3. The molecule has 0 bridgehead atoms. The molecule has 2 aliphatic rings. The van der Waals surface area contributed by atoms with Crippen LogP contribution in [0.2, 0.25) is 5.02 Å². The zero-order valence-electron chi connectivity index (χ0n) is 18.2. The van der Waals surface area contributed by atoms with E-state index in [9.17, 15) is 4.79 Å². The van der Waals surface area contributed by atoms with Crippen molar-refractivity contribution in [2.24, 2.45) is 0 Å². The first-order chi connectivity index (χ1) is 14.7. The second kappa shape index (κ2) is 10.7. The second-order valence-corrected chi connectivity index (χ2v) is 7.98. The third-order valence-corrected chi connectivity index (χ3v) is 5.83. The quantitative estimate of drug-likeness (QED) is 0.673. The predicted molar refractivity (Wildman–Crippen MR) is 123 cm³/mol. The molecule has 162 valence electrons. The summed E-state index contributed by atoms with van der Waals surface area (Å²) in [5, 5.41) is 2.84. The zero-order valence-corrected chi connectivity index (χ0v) is 19.0. The Morgan fingerprint density at radius 2 is 1.80 bits per heavy atom. The maximum absolute atomic E-state index is 13.2. The highest BCUT2D eigenvalue weighted by molar-refractivity contribution is 6.30. The molecule has 6 heteroatoms. The highest BCUT2D eigenvalue weighted by Crippen LogP contribution is 2.32. The molecule has 5 nitrogen and oxygen atoms in total. The lowest BCUT2D eigenvalue weighted by Gasteiger charge is -2.41. The van der Waals surface area contributed by atoms with Crippen LogP contribution in [-0.4, -0.2) is 39.5 Å². The number of halogens is 1. The Morgan fingerprint density at radius 1 is 1.10 bits per heavy atom. The topological polar surface area (TPSA) is 40.5 Å². The lowest BCUT2D eigenvalue weighted by atomic mass is 10.0. The number of nitrogens with one attached hydrogen (secondary N) is 1. The summed E-state index contributed by atoms with van der Waals surface area (Å²) < 4.78 is 2.12. The van der Waals surface area contributed by atoms with E-state index in [1.54, 1.807) is 0 Å². The molecule has 4 rings (SSSR count). The molecule has 1 saturated heterocycles. The van der Waals surface area contributed by atoms with Crippen LogP contribution in [-0.2, 0) is 11.3 Å². The number of hydrogen-bond acceptors (Lipinski definition) is 3. The van der Waals surface area contributed by atoms with Gasteiger partial charge in [-0.2, -0.15) is 0 Å². The Labute approximate surface area is 185 Å². The SMILES string of the molecule is CC.CCCCC1CN(CCn2cccc2)C(=O)C2=CC(c3ccc(Cl)cc3)NN21. The molecule has 0 radical (unpaired) electrons. The fraction of sp³-hybridized carbons (Fsp3) is 0.458. The number of nitrogens with zero attached hydrogens (tertiary/aromatic N) is 3. The molecule has 1 aromatic carbocycles. The summed E-state index contributed by atoms with van der Waals surface area (Å²) >= 11 is 6.03. The predicted octanol–water partition coefficient (Wildman–Crippen LogP) is 5.01. The van der Waals surface area contributed by atoms with Gasteiger partial charge in [-0.25, -0.2) is 5.43 Å². The molecule has 2 aromatic rings. The Bertz CT molecular complexity index is 831. The van der Waals surface area contributed by atoms with Gasteiger partial charge in [0.2, 0.25) is 0 Å². The summed E-state index contributed by atoms with van der Waals surface area (Å²) in [5.74, 6) is 0.115. The first kappa shape index (κ1) is 22.4. The van der Waals surface area contributed by atoms with Crippen molar-refractivity contribution in [1.29, 1.82) is 0 Å². The Hall–Kier alpha value is -2.24. The van der Waals surface area contributed by atoms with Crippen LogP contribution in [0.4, 0.5) is 0 Å². The van der Waals surface area contributed by atoms with Gasteiger partial charge >= 0.3 is 0 Å². The highest BCUT2D eigenvalue weighted by atomic mass is 35.5. The number of fused-ring (bicyclic) bond motifs is 1. The van der Waals surface area contributed by atoms with E-state index in [0.29, 0.717) is 6.04 Å². The maximum Gasteiger partial charge on any atom is 0.271 e. The molecule has 1 amide bonds. The van der Waals surface area contributed by atoms with Crippen LogP contribution in [0.1, 0.15) is 51.6 Å². The van der Waals surface area contributed by atoms with E-state index in [2.05, 4.69) is 28.0 Å². The maximum atomic E-state index is 13.2. The average molecular weight is 429 g/mol. The number of rotatable bonds is 7. The molecule has 1 fully saturated rings. The number of hydrogen-bond donors (Lipinski definition) is 1. The Balaban J connectivity index is 0.00000124. The molecule has 2 unspecified atom stereocenters. The fourth-order valence-electron chi connectivity index (χ4n) is 4.00. The minimum atomic E-state index is 0.00439. The first-order valence-electron chi connectivity index (χ1n) is 11.1. The molecular weight excluding hydrogens is 396 g/mol. The number of aromatic nitrogens is 1. The summed E-state index contributed by atoms with van der Waals surface area (Å²) in [6.45, 7) is 8.52. The summed E-state index contributed by atoms with van der Waals surface area (Å²) in [4.78, 5) is 15.2. The lowest BCUT2D eigenvalue weighted by Crippen LogP contribution is -2.57. The van der Waals surface area contributed by atoms with Gasteiger partial charge in [-0.15, -0.1) is 0 Å². The average Bonchev–Trinajstić information content (AvgIpc) is 3.45. The Kier molecular flexibility index (Phi) is 8.00. The van der Waals surface area contributed by atoms with E-state index in [0.717, 1.165) is 55.2 Å². The number of benzene rings is 1. The fourth-order valence-corrected chi connectivity index (χ4v) is 4.13. The molecule has 3 heterocycles. The van der Waals surface area contributed by atoms with Crippen molar-refractivity contribution in [2.75, 3.05) is 13.1 Å². The molecule has 0 aliphatic carbocycles. The monoisotopic (exact) mass is 428 g/mol. The van der Waals surface area contributed by atoms with Gasteiger partial charge in [-0.3, -0.25) is 9.80 Å². The zero-order chi connectivity index (χ0) is 21.5. The number of carbonyl (C=O) groups excluding carboxylic acids is 1. The van der Waals surface area contributed by atoms with Crippen LogP contribution in [0.3, 0.4) is 0 Å². The largest absolute Gasteiger partial charge is 0.352 e. The van der Waals surface area contributed by atoms with Crippen molar-refractivity contribution in [3.05, 3.63) is 71.2 Å². The lowest BCUT2D eigenvalue weighted by molar-refractivity contribution is -0.134. The van der Waals surface area contributed by atoms with Crippen LogP contribution in [0.25, 0.3) is 0 Å². The van der Waals surface area contributed by atoms with E-state index >= 15 is 0 Å². The van der Waals surface area contributed by atoms with Crippen molar-refractivity contribution in [3.63, 3.8) is 0 Å². The van der Waals surface area contributed by atoms with Crippen molar-refractivity contribution in [3.8, 4) is 0 Å². The minimum absolute atomic E-state index is 0.00439. The molecule has 30 heavy (non-hydrogen) atoms. The van der Waals surface area contributed by atoms with Gasteiger partial charge in [0.15, 0.2) is 0 Å². The van der Waals surface area contributed by atoms with E-state index < -0.39 is 0 Å². The van der Waals surface area contributed by atoms with Crippen molar-refractivity contribution in [2.45, 2.75) is 58.7 Å². The number of piperazine rings is 1. The van der Waals surface area contributed by atoms with Gasteiger partial charge in [0.1, 0.15) is 5.70 Å². The van der Waals surface area contributed by atoms with E-state index in [-0.39, 0.29) is 11.9 Å². The van der Waals surface area contributed by atoms with Gasteiger partial charge in [0.05, 0.1) is 12.1 Å². The van der Waals surface area contributed by atoms with Crippen LogP contribution in [0.15, 0.2) is 60.6 Å². The van der Waals surface area contributed by atoms with E-state index in [1.165, 1.54) is 0 Å². The van der Waals surface area contributed by atoms with Gasteiger partial charge in [-0.1, -0.05) is 57.3 Å². The van der Waals surface area contributed by atoms with Gasteiger partial charge in [0, 0.05) is 37.1 Å². The number of unbranched alkanes of at least 4 members (excludes halogenated alkanes) is 1. The molecule has 0 saturated carbocycles. The van der Waals surface area contributed by atoms with Crippen molar-refractivity contribution >= 4 is 17.5 Å². The number of carbonyl (C=O) groups is 1. The minimum Gasteiger partial charge on any atom is -0.352 e. The third kappa shape index (κ3) is 5.08. The normalized spacial score (nSPS) is 20.5. The first-order valence-corrected chi connectivity index (χ1v) is 11.5. The van der Waals surface area contributed by atoms with Gasteiger partial charge in [-0.05, 0) is 42.3 Å². The summed E-state index contributed by atoms with van der Waals surface area (Å²) in [6.07, 6.45) is 9.53. The second-order valence-electron chi connectivity index (χ2n) is 7.55. The number of hydrazine groups is 1. The summed E-state index contributed by atoms with van der Waals surface area (Å²) in [5.41, 5.74) is 5.45. The smallest absolute Gasteiger partial charge is 0.271 e. The third-order valence-electron chi connectivity index (χ3n) is 5.58. The molecule has 0 spiro atoms. The van der Waals surface area contributed by atoms with E-state index in [1.807, 2.05) is 67.5 Å². The van der Waals surface area contributed by atoms with Crippen LogP contribution < -0.4 is 5.43 Å². The van der Waals surface area contributed by atoms with Crippen LogP contribution in [0.5, 0.6) is 0 Å². The van der Waals surface area contributed by atoms with Crippen LogP contribution in [0, 0.1) is 0 Å². The van der Waals surface area contributed by atoms with Gasteiger partial charge in [0.25, 0.3) is 5.91 Å². The molecular formula is C24H33ClN4O. The van der Waals surface area contributed by atoms with Crippen LogP contribution >= 0.6 is 11.6 Å². The highest BCUT2D eigenvalue weighted by Gasteiger charge is 2.40. The molecule has 2 atom stereocenters. The van der Waals surface area contributed by atoms with Gasteiger partial charge < -0.3 is 9.47 Å². The van der Waals surface area contributed by atoms with Crippen molar-refractivity contribution < 1.29 is 4.79 Å².